The molecule has 7 heteroatoms. The van der Waals surface area contributed by atoms with Crippen molar-refractivity contribution in [3.8, 4) is 11.3 Å². The van der Waals surface area contributed by atoms with Gasteiger partial charge in [0.05, 0.1) is 24.9 Å². The van der Waals surface area contributed by atoms with E-state index in [9.17, 15) is 4.79 Å². The van der Waals surface area contributed by atoms with Crippen LogP contribution in [0.3, 0.4) is 0 Å². The number of rotatable bonds is 5. The van der Waals surface area contributed by atoms with Crippen LogP contribution in [0.5, 0.6) is 0 Å². The number of fused-ring (bicyclic) bond motifs is 1. The van der Waals surface area contributed by atoms with Crippen LogP contribution in [0.25, 0.3) is 16.9 Å². The average Bonchev–Trinajstić information content (AvgIpc) is 3.34. The summed E-state index contributed by atoms with van der Waals surface area (Å²) in [6.07, 6.45) is 3.50. The fourth-order valence-electron chi connectivity index (χ4n) is 5.26. The van der Waals surface area contributed by atoms with Gasteiger partial charge in [-0.05, 0) is 24.5 Å². The lowest BCUT2D eigenvalue weighted by Crippen LogP contribution is -2.43. The van der Waals surface area contributed by atoms with E-state index in [-0.39, 0.29) is 11.8 Å². The quantitative estimate of drug-likeness (QED) is 0.406. The van der Waals surface area contributed by atoms with E-state index in [1.807, 2.05) is 53.9 Å². The summed E-state index contributed by atoms with van der Waals surface area (Å²) in [5.41, 5.74) is 4.68. The molecule has 0 aliphatic carbocycles. The largest absolute Gasteiger partial charge is 0.378 e. The third-order valence-corrected chi connectivity index (χ3v) is 7.25. The molecule has 1 atom stereocenters. The van der Waals surface area contributed by atoms with Gasteiger partial charge < -0.3 is 14.5 Å². The van der Waals surface area contributed by atoms with E-state index >= 15 is 0 Å². The van der Waals surface area contributed by atoms with Crippen molar-refractivity contribution in [1.82, 2.24) is 14.6 Å². The molecule has 0 spiro atoms. The number of ether oxygens (including phenoxy) is 1. The summed E-state index contributed by atoms with van der Waals surface area (Å²) in [7, 11) is 0. The summed E-state index contributed by atoms with van der Waals surface area (Å²) in [4.78, 5) is 23.2. The molecule has 1 saturated heterocycles. The van der Waals surface area contributed by atoms with Crippen LogP contribution in [0, 0.1) is 0 Å². The first-order valence-electron chi connectivity index (χ1n) is 13.0. The molecule has 4 heterocycles. The summed E-state index contributed by atoms with van der Waals surface area (Å²) in [5, 5.41) is 4.95. The Morgan fingerprint density at radius 3 is 2.43 bits per heavy atom. The molecule has 6 rings (SSSR count). The van der Waals surface area contributed by atoms with Gasteiger partial charge >= 0.3 is 0 Å². The molecule has 2 aromatic heterocycles. The number of hydrogen-bond acceptors (Lipinski definition) is 6. The first-order valence-corrected chi connectivity index (χ1v) is 13.0. The molecule has 4 aromatic rings. The number of benzene rings is 2. The number of ketones is 1. The van der Waals surface area contributed by atoms with Crippen LogP contribution < -0.4 is 9.80 Å². The average molecular weight is 494 g/mol. The summed E-state index contributed by atoms with van der Waals surface area (Å²) >= 11 is 0. The van der Waals surface area contributed by atoms with Crippen LogP contribution in [0.4, 0.5) is 11.6 Å². The molecule has 37 heavy (non-hydrogen) atoms. The summed E-state index contributed by atoms with van der Waals surface area (Å²) in [6, 6.07) is 24.3. The monoisotopic (exact) mass is 493 g/mol. The van der Waals surface area contributed by atoms with E-state index in [1.165, 1.54) is 0 Å². The van der Waals surface area contributed by atoms with Crippen molar-refractivity contribution in [3.05, 3.63) is 90.0 Å². The fraction of sp³-hybridized carbons (Fsp3) is 0.300. The van der Waals surface area contributed by atoms with Crippen LogP contribution >= 0.6 is 0 Å². The number of nitrogens with zero attached hydrogens (tertiary/aromatic N) is 5. The van der Waals surface area contributed by atoms with Gasteiger partial charge in [-0.3, -0.25) is 4.79 Å². The number of Topliss-reactive ketones (excluding diaryl/α,β-unsaturated/α-hetero) is 1. The second-order valence-corrected chi connectivity index (χ2v) is 9.68. The maximum atomic E-state index is 13.6. The van der Waals surface area contributed by atoms with E-state index in [0.717, 1.165) is 65.7 Å². The van der Waals surface area contributed by atoms with E-state index in [1.54, 1.807) is 0 Å². The molecule has 7 nitrogen and oxygen atoms in total. The van der Waals surface area contributed by atoms with Crippen molar-refractivity contribution < 1.29 is 9.53 Å². The smallest absolute Gasteiger partial charge is 0.181 e. The second-order valence-electron chi connectivity index (χ2n) is 9.68. The second kappa shape index (κ2) is 10.2. The maximum absolute atomic E-state index is 13.6. The van der Waals surface area contributed by atoms with Crippen LogP contribution in [-0.2, 0) is 16.0 Å². The summed E-state index contributed by atoms with van der Waals surface area (Å²) in [6.45, 7) is 5.58. The highest BCUT2D eigenvalue weighted by Gasteiger charge is 2.31. The first kappa shape index (κ1) is 23.4. The zero-order valence-electron chi connectivity index (χ0n) is 21.1. The number of hydrogen-bond donors (Lipinski definition) is 0. The summed E-state index contributed by atoms with van der Waals surface area (Å²) in [5.74, 6) is 1.95. The minimum atomic E-state index is -0.315. The third-order valence-electron chi connectivity index (χ3n) is 7.25. The van der Waals surface area contributed by atoms with Gasteiger partial charge in [0.1, 0.15) is 11.6 Å². The standard InChI is InChI=1S/C30H31N5O2/c1-22-9-8-14-34(26(30(22)36)19-23-10-4-2-5-11-23)27-21-29(33-15-17-37-18-16-33)35-28(31-27)20-25(32-35)24-12-6-3-7-13-24/h2-7,9-13,20-21,26H,8,14-19H2,1H3. The fourth-order valence-corrected chi connectivity index (χ4v) is 5.26. The number of anilines is 2. The zero-order valence-corrected chi connectivity index (χ0v) is 21.1. The van der Waals surface area contributed by atoms with Crippen molar-refractivity contribution in [1.29, 1.82) is 0 Å². The normalized spacial score (nSPS) is 18.7. The molecule has 2 aliphatic rings. The van der Waals surface area contributed by atoms with Crippen LogP contribution in [0.15, 0.2) is 84.4 Å². The molecule has 1 unspecified atom stereocenters. The van der Waals surface area contributed by atoms with Crippen molar-refractivity contribution in [3.63, 3.8) is 0 Å². The highest BCUT2D eigenvalue weighted by molar-refractivity contribution is 6.01. The van der Waals surface area contributed by atoms with Gasteiger partial charge in [-0.25, -0.2) is 4.98 Å². The lowest BCUT2D eigenvalue weighted by molar-refractivity contribution is -0.116. The third kappa shape index (κ3) is 4.74. The molecule has 0 bridgehead atoms. The zero-order chi connectivity index (χ0) is 25.2. The van der Waals surface area contributed by atoms with Crippen LogP contribution in [0.2, 0.25) is 0 Å². The Morgan fingerprint density at radius 1 is 0.946 bits per heavy atom. The minimum Gasteiger partial charge on any atom is -0.378 e. The number of carbonyl (C=O) groups is 1. The SMILES string of the molecule is CC1=CCCN(c2cc(N3CCOCC3)n3nc(-c4ccccc4)cc3n2)C(Cc2ccccc2)C1=O. The lowest BCUT2D eigenvalue weighted by atomic mass is 9.97. The van der Waals surface area contributed by atoms with E-state index in [4.69, 9.17) is 14.8 Å². The highest BCUT2D eigenvalue weighted by atomic mass is 16.5. The Morgan fingerprint density at radius 2 is 1.68 bits per heavy atom. The van der Waals surface area contributed by atoms with Crippen molar-refractivity contribution >= 4 is 23.1 Å². The molecule has 0 saturated carbocycles. The topological polar surface area (TPSA) is 63.0 Å². The Labute approximate surface area is 217 Å². The Kier molecular flexibility index (Phi) is 6.45. The molecule has 2 aromatic carbocycles. The van der Waals surface area contributed by atoms with Crippen molar-refractivity contribution in [2.45, 2.75) is 25.8 Å². The molecular formula is C30H31N5O2. The van der Waals surface area contributed by atoms with Crippen molar-refractivity contribution in [2.75, 3.05) is 42.6 Å². The lowest BCUT2D eigenvalue weighted by Gasteiger charge is -2.33. The molecule has 0 radical (unpaired) electrons. The van der Waals surface area contributed by atoms with Gasteiger partial charge in [0.2, 0.25) is 0 Å². The minimum absolute atomic E-state index is 0.162. The van der Waals surface area contributed by atoms with Crippen LogP contribution in [-0.4, -0.2) is 59.3 Å². The van der Waals surface area contributed by atoms with E-state index in [2.05, 4.69) is 46.2 Å². The highest BCUT2D eigenvalue weighted by Crippen LogP contribution is 2.30. The predicted octanol–water partition coefficient (Wildman–Crippen LogP) is 4.57. The molecule has 0 amide bonds. The Bertz CT molecular complexity index is 1420. The molecule has 2 aliphatic heterocycles. The predicted molar refractivity (Wildman–Crippen MR) is 146 cm³/mol. The Balaban J connectivity index is 1.47. The van der Waals surface area contributed by atoms with E-state index in [0.29, 0.717) is 19.6 Å². The summed E-state index contributed by atoms with van der Waals surface area (Å²) < 4.78 is 7.57. The van der Waals surface area contributed by atoms with Crippen molar-refractivity contribution in [2.24, 2.45) is 0 Å². The van der Waals surface area contributed by atoms with Gasteiger partial charge in [-0.15, -0.1) is 0 Å². The Hall–Kier alpha value is -3.97. The van der Waals surface area contributed by atoms with Gasteiger partial charge in [-0.1, -0.05) is 66.7 Å². The molecule has 0 N–H and O–H groups in total. The van der Waals surface area contributed by atoms with Gasteiger partial charge in [-0.2, -0.15) is 9.61 Å². The van der Waals surface area contributed by atoms with Gasteiger partial charge in [0.15, 0.2) is 11.4 Å². The number of carbonyl (C=O) groups excluding carboxylic acids is 1. The molecule has 1 fully saturated rings. The van der Waals surface area contributed by atoms with Gasteiger partial charge in [0.25, 0.3) is 0 Å². The number of morpholine rings is 1. The molecule has 188 valence electrons. The maximum Gasteiger partial charge on any atom is 0.181 e. The molecular weight excluding hydrogens is 462 g/mol. The first-order chi connectivity index (χ1) is 18.2. The van der Waals surface area contributed by atoms with Gasteiger partial charge in [0, 0.05) is 43.8 Å². The van der Waals surface area contributed by atoms with Crippen LogP contribution in [0.1, 0.15) is 18.9 Å². The number of aromatic nitrogens is 3. The van der Waals surface area contributed by atoms with E-state index < -0.39 is 0 Å².